The molecule has 1 atom stereocenters. The number of rotatable bonds is 8. The maximum atomic E-state index is 13.3. The minimum atomic E-state index is -0.428. The lowest BCUT2D eigenvalue weighted by molar-refractivity contribution is -0.119. The second kappa shape index (κ2) is 8.58. The Hall–Kier alpha value is -3.02. The van der Waals surface area contributed by atoms with Crippen LogP contribution in [0.5, 0.6) is 11.5 Å². The fourth-order valence-corrected chi connectivity index (χ4v) is 3.36. The molecule has 6 heteroatoms. The molecule has 1 aliphatic rings. The second-order valence-electron chi connectivity index (χ2n) is 6.55. The van der Waals surface area contributed by atoms with Gasteiger partial charge in [0.05, 0.1) is 5.56 Å². The zero-order chi connectivity index (χ0) is 19.2. The minimum absolute atomic E-state index is 0.0993. The van der Waals surface area contributed by atoms with E-state index in [1.165, 1.54) is 0 Å². The van der Waals surface area contributed by atoms with Crippen LogP contribution in [0.3, 0.4) is 0 Å². The molecule has 0 spiro atoms. The summed E-state index contributed by atoms with van der Waals surface area (Å²) < 4.78 is 10.9. The van der Waals surface area contributed by atoms with Crippen LogP contribution in [-0.2, 0) is 11.2 Å². The van der Waals surface area contributed by atoms with E-state index in [0.29, 0.717) is 30.0 Å². The molecule has 1 aliphatic heterocycles. The average Bonchev–Trinajstić information content (AvgIpc) is 3.14. The van der Waals surface area contributed by atoms with E-state index in [9.17, 15) is 9.59 Å². The van der Waals surface area contributed by atoms with Crippen LogP contribution in [0.2, 0.25) is 0 Å². The van der Waals surface area contributed by atoms with E-state index in [1.807, 2.05) is 37.3 Å². The van der Waals surface area contributed by atoms with Gasteiger partial charge in [0.2, 0.25) is 12.7 Å². The van der Waals surface area contributed by atoms with Crippen LogP contribution in [0.15, 0.2) is 48.5 Å². The van der Waals surface area contributed by atoms with Crippen molar-refractivity contribution in [2.75, 3.05) is 13.3 Å². The molecule has 2 amide bonds. The lowest BCUT2D eigenvalue weighted by atomic mass is 9.99. The molecule has 2 aromatic rings. The predicted molar refractivity (Wildman–Crippen MR) is 102 cm³/mol. The molecular formula is C21H24N2O4. The van der Waals surface area contributed by atoms with E-state index in [4.69, 9.17) is 15.2 Å². The molecular weight excluding hydrogens is 344 g/mol. The zero-order valence-corrected chi connectivity index (χ0v) is 15.4. The normalized spacial score (nSPS) is 13.2. The summed E-state index contributed by atoms with van der Waals surface area (Å²) in [6, 6.07) is 14.7. The van der Waals surface area contributed by atoms with Crippen LogP contribution in [0, 0.1) is 0 Å². The van der Waals surface area contributed by atoms with E-state index in [-0.39, 0.29) is 25.2 Å². The van der Waals surface area contributed by atoms with Crippen molar-refractivity contribution in [3.05, 3.63) is 59.7 Å². The van der Waals surface area contributed by atoms with Gasteiger partial charge in [-0.15, -0.1) is 0 Å². The highest BCUT2D eigenvalue weighted by molar-refractivity contribution is 5.98. The minimum Gasteiger partial charge on any atom is -0.454 e. The Bertz CT molecular complexity index is 807. The van der Waals surface area contributed by atoms with Crippen molar-refractivity contribution in [1.29, 1.82) is 0 Å². The van der Waals surface area contributed by atoms with Crippen molar-refractivity contribution in [3.63, 3.8) is 0 Å². The average molecular weight is 368 g/mol. The van der Waals surface area contributed by atoms with Crippen LogP contribution in [0.1, 0.15) is 35.7 Å². The van der Waals surface area contributed by atoms with Crippen LogP contribution in [0.4, 0.5) is 0 Å². The summed E-state index contributed by atoms with van der Waals surface area (Å²) >= 11 is 0. The Morgan fingerprint density at radius 2 is 1.89 bits per heavy atom. The van der Waals surface area contributed by atoms with Gasteiger partial charge in [0.25, 0.3) is 5.91 Å². The molecule has 0 aromatic heterocycles. The monoisotopic (exact) mass is 368 g/mol. The molecule has 142 valence electrons. The topological polar surface area (TPSA) is 81.9 Å². The van der Waals surface area contributed by atoms with Crippen molar-refractivity contribution in [1.82, 2.24) is 4.90 Å². The number of amides is 2. The van der Waals surface area contributed by atoms with Gasteiger partial charge in [-0.25, -0.2) is 0 Å². The third-order valence-corrected chi connectivity index (χ3v) is 4.54. The van der Waals surface area contributed by atoms with Gasteiger partial charge in [-0.1, -0.05) is 43.3 Å². The second-order valence-corrected chi connectivity index (χ2v) is 6.55. The van der Waals surface area contributed by atoms with Crippen LogP contribution in [-0.4, -0.2) is 36.1 Å². The Balaban J connectivity index is 1.91. The molecule has 0 bridgehead atoms. The van der Waals surface area contributed by atoms with E-state index in [0.717, 1.165) is 12.0 Å². The van der Waals surface area contributed by atoms with Crippen LogP contribution < -0.4 is 15.2 Å². The zero-order valence-electron chi connectivity index (χ0n) is 15.4. The number of hydrogen-bond donors (Lipinski definition) is 1. The number of para-hydroxylation sites is 1. The van der Waals surface area contributed by atoms with Gasteiger partial charge in [-0.05, 0) is 30.5 Å². The molecule has 27 heavy (non-hydrogen) atoms. The summed E-state index contributed by atoms with van der Waals surface area (Å²) in [6.07, 6.45) is 1.43. The summed E-state index contributed by atoms with van der Waals surface area (Å²) in [4.78, 5) is 26.8. The molecule has 2 aromatic carbocycles. The maximum absolute atomic E-state index is 13.3. The standard InChI is InChI=1S/C21H24N2O4/c1-2-11-23(16(13-19(22)24)12-15-7-4-3-5-8-15)21(25)17-9-6-10-18-20(17)27-14-26-18/h3-10,16H,2,11-14H2,1H3,(H2,22,24). The molecule has 0 saturated carbocycles. The summed E-state index contributed by atoms with van der Waals surface area (Å²) in [5.41, 5.74) is 6.99. The molecule has 1 heterocycles. The lowest BCUT2D eigenvalue weighted by Gasteiger charge is -2.31. The quantitative estimate of drug-likeness (QED) is 0.777. The highest BCUT2D eigenvalue weighted by atomic mass is 16.7. The number of primary amides is 1. The van der Waals surface area contributed by atoms with Crippen molar-refractivity contribution < 1.29 is 19.1 Å². The number of carbonyl (C=O) groups excluding carboxylic acids is 2. The molecule has 0 saturated heterocycles. The Labute approximate surface area is 158 Å². The number of benzene rings is 2. The fraction of sp³-hybridized carbons (Fsp3) is 0.333. The first-order valence-corrected chi connectivity index (χ1v) is 9.12. The summed E-state index contributed by atoms with van der Waals surface area (Å²) in [6.45, 7) is 2.62. The van der Waals surface area contributed by atoms with Gasteiger partial charge in [0, 0.05) is 19.0 Å². The summed E-state index contributed by atoms with van der Waals surface area (Å²) in [5, 5.41) is 0. The Morgan fingerprint density at radius 3 is 2.59 bits per heavy atom. The highest BCUT2D eigenvalue weighted by Gasteiger charge is 2.30. The third kappa shape index (κ3) is 4.39. The van der Waals surface area contributed by atoms with Crippen molar-refractivity contribution >= 4 is 11.8 Å². The molecule has 0 fully saturated rings. The number of fused-ring (bicyclic) bond motifs is 1. The molecule has 6 nitrogen and oxygen atoms in total. The number of nitrogens with zero attached hydrogens (tertiary/aromatic N) is 1. The molecule has 3 rings (SSSR count). The predicted octanol–water partition coefficient (Wildman–Crippen LogP) is 2.75. The van der Waals surface area contributed by atoms with Gasteiger partial charge in [-0.2, -0.15) is 0 Å². The summed E-state index contributed by atoms with van der Waals surface area (Å²) in [7, 11) is 0. The van der Waals surface area contributed by atoms with Gasteiger partial charge in [-0.3, -0.25) is 9.59 Å². The Morgan fingerprint density at radius 1 is 1.11 bits per heavy atom. The highest BCUT2D eigenvalue weighted by Crippen LogP contribution is 2.36. The number of ether oxygens (including phenoxy) is 2. The van der Waals surface area contributed by atoms with E-state index < -0.39 is 5.91 Å². The van der Waals surface area contributed by atoms with Crippen molar-refractivity contribution in [3.8, 4) is 11.5 Å². The van der Waals surface area contributed by atoms with Crippen LogP contribution >= 0.6 is 0 Å². The SMILES string of the molecule is CCCN(C(=O)c1cccc2c1OCO2)C(CC(N)=O)Cc1ccccc1. The van der Waals surface area contributed by atoms with E-state index in [1.54, 1.807) is 23.1 Å². The van der Waals surface area contributed by atoms with Gasteiger partial charge in [0.1, 0.15) is 0 Å². The van der Waals surface area contributed by atoms with Gasteiger partial charge >= 0.3 is 0 Å². The van der Waals surface area contributed by atoms with E-state index >= 15 is 0 Å². The molecule has 1 unspecified atom stereocenters. The van der Waals surface area contributed by atoms with Crippen LogP contribution in [0.25, 0.3) is 0 Å². The van der Waals surface area contributed by atoms with Gasteiger partial charge in [0.15, 0.2) is 11.5 Å². The van der Waals surface area contributed by atoms with Crippen molar-refractivity contribution in [2.24, 2.45) is 5.73 Å². The first kappa shape index (κ1) is 18.8. The number of nitrogens with two attached hydrogens (primary N) is 1. The number of hydrogen-bond acceptors (Lipinski definition) is 4. The van der Waals surface area contributed by atoms with Crippen molar-refractivity contribution in [2.45, 2.75) is 32.2 Å². The first-order valence-electron chi connectivity index (χ1n) is 9.12. The molecule has 0 aliphatic carbocycles. The lowest BCUT2D eigenvalue weighted by Crippen LogP contribution is -2.44. The largest absolute Gasteiger partial charge is 0.454 e. The smallest absolute Gasteiger partial charge is 0.258 e. The maximum Gasteiger partial charge on any atom is 0.258 e. The van der Waals surface area contributed by atoms with E-state index in [2.05, 4.69) is 0 Å². The molecule has 2 N–H and O–H groups in total. The van der Waals surface area contributed by atoms with Gasteiger partial charge < -0.3 is 20.1 Å². The number of carbonyl (C=O) groups is 2. The Kier molecular flexibility index (Phi) is 5.96. The summed E-state index contributed by atoms with van der Waals surface area (Å²) in [5.74, 6) is 0.414. The molecule has 0 radical (unpaired) electrons. The first-order chi connectivity index (χ1) is 13.1. The fourth-order valence-electron chi connectivity index (χ4n) is 3.36. The third-order valence-electron chi connectivity index (χ3n) is 4.54.